The van der Waals surface area contributed by atoms with Gasteiger partial charge in [0.25, 0.3) is 0 Å². The normalized spacial score (nSPS) is 24.8. The monoisotopic (exact) mass is 164 g/mol. The van der Waals surface area contributed by atoms with Crippen LogP contribution in [0.4, 0.5) is 0 Å². The predicted molar refractivity (Wildman–Crippen MR) is 49.6 cm³/mol. The van der Waals surface area contributed by atoms with E-state index in [-0.39, 0.29) is 0 Å². The first-order chi connectivity index (χ1) is 5.79. The second-order valence-electron chi connectivity index (χ2n) is 3.28. The largest absolute Gasteiger partial charge is 0.296 e. The Balaban J connectivity index is 2.60. The second-order valence-corrected chi connectivity index (χ2v) is 3.28. The Labute approximate surface area is 74.5 Å². The molecule has 66 valence electrons. The van der Waals surface area contributed by atoms with E-state index >= 15 is 0 Å². The van der Waals surface area contributed by atoms with Crippen molar-refractivity contribution in [2.45, 2.75) is 32.2 Å². The van der Waals surface area contributed by atoms with E-state index in [1.165, 1.54) is 12.8 Å². The Morgan fingerprint density at radius 1 is 1.67 bits per heavy atom. The molecule has 1 saturated heterocycles. The molecule has 2 heteroatoms. The number of hydrogen-bond acceptors (Lipinski definition) is 2. The zero-order chi connectivity index (χ0) is 8.97. The maximum absolute atomic E-state index is 8.72. The minimum atomic E-state index is 0.328. The SMILES string of the molecule is C=C(C#N)C1CCCCN1CC. The number of likely N-dealkylation sites (N-methyl/N-ethyl adjacent to an activating group) is 1. The number of likely N-dealkylation sites (tertiary alicyclic amines) is 1. The van der Waals surface area contributed by atoms with E-state index in [1.807, 2.05) is 0 Å². The fourth-order valence-corrected chi connectivity index (χ4v) is 1.84. The van der Waals surface area contributed by atoms with Crippen LogP contribution in [-0.4, -0.2) is 24.0 Å². The molecule has 0 bridgehead atoms. The van der Waals surface area contributed by atoms with Gasteiger partial charge in [-0.2, -0.15) is 5.26 Å². The molecule has 0 N–H and O–H groups in total. The first kappa shape index (κ1) is 9.28. The van der Waals surface area contributed by atoms with Gasteiger partial charge in [-0.1, -0.05) is 19.9 Å². The van der Waals surface area contributed by atoms with Crippen molar-refractivity contribution < 1.29 is 0 Å². The highest BCUT2D eigenvalue weighted by Gasteiger charge is 2.22. The average Bonchev–Trinajstić information content (AvgIpc) is 2.16. The Hall–Kier alpha value is -0.810. The van der Waals surface area contributed by atoms with Crippen LogP contribution in [0.15, 0.2) is 12.2 Å². The lowest BCUT2D eigenvalue weighted by atomic mass is 9.97. The lowest BCUT2D eigenvalue weighted by molar-refractivity contribution is 0.184. The van der Waals surface area contributed by atoms with Gasteiger partial charge in [-0.25, -0.2) is 0 Å². The van der Waals surface area contributed by atoms with E-state index in [1.54, 1.807) is 0 Å². The summed E-state index contributed by atoms with van der Waals surface area (Å²) in [7, 11) is 0. The summed E-state index contributed by atoms with van der Waals surface area (Å²) in [5.74, 6) is 0. The van der Waals surface area contributed by atoms with Crippen molar-refractivity contribution in [3.8, 4) is 6.07 Å². The van der Waals surface area contributed by atoms with Gasteiger partial charge >= 0.3 is 0 Å². The number of hydrogen-bond donors (Lipinski definition) is 0. The van der Waals surface area contributed by atoms with E-state index in [0.717, 1.165) is 25.1 Å². The van der Waals surface area contributed by atoms with Crippen molar-refractivity contribution in [2.24, 2.45) is 0 Å². The maximum Gasteiger partial charge on any atom is 0.0957 e. The molecule has 1 aliphatic heterocycles. The molecule has 0 aromatic rings. The summed E-state index contributed by atoms with van der Waals surface area (Å²) in [4.78, 5) is 2.34. The van der Waals surface area contributed by atoms with Crippen LogP contribution >= 0.6 is 0 Å². The van der Waals surface area contributed by atoms with Gasteiger partial charge < -0.3 is 0 Å². The average molecular weight is 164 g/mol. The minimum Gasteiger partial charge on any atom is -0.296 e. The van der Waals surface area contributed by atoms with Gasteiger partial charge in [-0.3, -0.25) is 4.90 Å². The standard InChI is InChI=1S/C10H16N2/c1-3-12-7-5-4-6-10(12)9(2)8-11/h10H,2-7H2,1H3. The van der Waals surface area contributed by atoms with Crippen LogP contribution in [-0.2, 0) is 0 Å². The molecule has 0 aliphatic carbocycles. The molecular weight excluding hydrogens is 148 g/mol. The fourth-order valence-electron chi connectivity index (χ4n) is 1.84. The smallest absolute Gasteiger partial charge is 0.0957 e. The Bertz CT molecular complexity index is 202. The molecule has 12 heavy (non-hydrogen) atoms. The zero-order valence-electron chi connectivity index (χ0n) is 7.71. The van der Waals surface area contributed by atoms with E-state index in [9.17, 15) is 0 Å². The van der Waals surface area contributed by atoms with E-state index < -0.39 is 0 Å². The number of nitriles is 1. The van der Waals surface area contributed by atoms with Gasteiger partial charge in [0.2, 0.25) is 0 Å². The molecular formula is C10H16N2. The Morgan fingerprint density at radius 2 is 2.42 bits per heavy atom. The molecule has 1 rings (SSSR count). The molecule has 1 heterocycles. The molecule has 0 saturated carbocycles. The van der Waals surface area contributed by atoms with Crippen LogP contribution < -0.4 is 0 Å². The Kier molecular flexibility index (Phi) is 3.31. The summed E-state index contributed by atoms with van der Waals surface area (Å²) in [6.45, 7) is 8.09. The van der Waals surface area contributed by atoms with E-state index in [0.29, 0.717) is 6.04 Å². The first-order valence-electron chi connectivity index (χ1n) is 4.62. The van der Waals surface area contributed by atoms with Gasteiger partial charge in [0.1, 0.15) is 0 Å². The molecule has 0 amide bonds. The molecule has 1 fully saturated rings. The lowest BCUT2D eigenvalue weighted by Crippen LogP contribution is -2.39. The van der Waals surface area contributed by atoms with Crippen molar-refractivity contribution in [3.63, 3.8) is 0 Å². The zero-order valence-corrected chi connectivity index (χ0v) is 7.71. The van der Waals surface area contributed by atoms with Gasteiger partial charge in [-0.15, -0.1) is 0 Å². The quantitative estimate of drug-likeness (QED) is 0.583. The highest BCUT2D eigenvalue weighted by atomic mass is 15.2. The van der Waals surface area contributed by atoms with Crippen LogP contribution in [0, 0.1) is 11.3 Å². The summed E-state index contributed by atoms with van der Waals surface area (Å²) in [6.07, 6.45) is 3.62. The summed E-state index contributed by atoms with van der Waals surface area (Å²) in [5.41, 5.74) is 0.733. The highest BCUT2D eigenvalue weighted by Crippen LogP contribution is 2.21. The van der Waals surface area contributed by atoms with E-state index in [2.05, 4.69) is 24.5 Å². The van der Waals surface area contributed by atoms with Crippen LogP contribution in [0.1, 0.15) is 26.2 Å². The number of piperidine rings is 1. The van der Waals surface area contributed by atoms with Gasteiger partial charge in [-0.05, 0) is 25.9 Å². The summed E-state index contributed by atoms with van der Waals surface area (Å²) in [5, 5.41) is 8.72. The highest BCUT2D eigenvalue weighted by molar-refractivity contribution is 5.23. The number of nitrogens with zero attached hydrogens (tertiary/aromatic N) is 2. The molecule has 0 aromatic heterocycles. The predicted octanol–water partition coefficient (Wildman–Crippen LogP) is 1.94. The molecule has 0 aromatic carbocycles. The van der Waals surface area contributed by atoms with Crippen molar-refractivity contribution in [1.29, 1.82) is 5.26 Å². The van der Waals surface area contributed by atoms with Crippen LogP contribution in [0.3, 0.4) is 0 Å². The third kappa shape index (κ3) is 1.86. The third-order valence-corrected chi connectivity index (χ3v) is 2.57. The fraction of sp³-hybridized carbons (Fsp3) is 0.700. The second kappa shape index (κ2) is 4.27. The summed E-state index contributed by atoms with van der Waals surface area (Å²) >= 11 is 0. The van der Waals surface area contributed by atoms with Crippen molar-refractivity contribution >= 4 is 0 Å². The molecule has 1 atom stereocenters. The lowest BCUT2D eigenvalue weighted by Gasteiger charge is -2.34. The van der Waals surface area contributed by atoms with Gasteiger partial charge in [0, 0.05) is 11.6 Å². The molecule has 0 spiro atoms. The van der Waals surface area contributed by atoms with Crippen LogP contribution in [0.25, 0.3) is 0 Å². The molecule has 1 unspecified atom stereocenters. The van der Waals surface area contributed by atoms with E-state index in [4.69, 9.17) is 5.26 Å². The Morgan fingerprint density at radius 3 is 3.00 bits per heavy atom. The summed E-state index contributed by atoms with van der Waals surface area (Å²) < 4.78 is 0. The van der Waals surface area contributed by atoms with Gasteiger partial charge in [0.05, 0.1) is 6.07 Å². The minimum absolute atomic E-state index is 0.328. The van der Waals surface area contributed by atoms with Crippen molar-refractivity contribution in [3.05, 3.63) is 12.2 Å². The maximum atomic E-state index is 8.72. The third-order valence-electron chi connectivity index (χ3n) is 2.57. The molecule has 0 radical (unpaired) electrons. The number of rotatable bonds is 2. The van der Waals surface area contributed by atoms with Crippen LogP contribution in [0.5, 0.6) is 0 Å². The topological polar surface area (TPSA) is 27.0 Å². The molecule has 2 nitrogen and oxygen atoms in total. The van der Waals surface area contributed by atoms with Crippen molar-refractivity contribution in [1.82, 2.24) is 4.90 Å². The summed E-state index contributed by atoms with van der Waals surface area (Å²) in [6, 6.07) is 2.49. The van der Waals surface area contributed by atoms with Crippen molar-refractivity contribution in [2.75, 3.05) is 13.1 Å². The van der Waals surface area contributed by atoms with Gasteiger partial charge in [0.15, 0.2) is 0 Å². The first-order valence-corrected chi connectivity index (χ1v) is 4.62. The molecule has 1 aliphatic rings. The van der Waals surface area contributed by atoms with Crippen LogP contribution in [0.2, 0.25) is 0 Å².